The van der Waals surface area contributed by atoms with E-state index in [0.29, 0.717) is 12.0 Å². The van der Waals surface area contributed by atoms with Gasteiger partial charge in [0.2, 0.25) is 0 Å². The maximum Gasteiger partial charge on any atom is 0.178 e. The van der Waals surface area contributed by atoms with E-state index in [9.17, 15) is 0 Å². The maximum atomic E-state index is 5.58. The molecule has 1 rings (SSSR count). The van der Waals surface area contributed by atoms with Gasteiger partial charge in [0, 0.05) is 6.04 Å². The van der Waals surface area contributed by atoms with E-state index in [0.717, 1.165) is 19.8 Å². The molecule has 0 aromatic rings. The van der Waals surface area contributed by atoms with Crippen molar-refractivity contribution in [3.05, 3.63) is 0 Å². The molecule has 0 saturated carbocycles. The highest BCUT2D eigenvalue weighted by molar-refractivity contribution is 4.76. The molecule has 84 valence electrons. The minimum Gasteiger partial charge on any atom is -0.347 e. The van der Waals surface area contributed by atoms with Crippen LogP contribution >= 0.6 is 0 Å². The third kappa shape index (κ3) is 2.94. The van der Waals surface area contributed by atoms with Crippen molar-refractivity contribution in [2.75, 3.05) is 26.8 Å². The van der Waals surface area contributed by atoms with Gasteiger partial charge in [-0.15, -0.1) is 0 Å². The van der Waals surface area contributed by atoms with Crippen LogP contribution < -0.4 is 0 Å². The SMILES string of the molecule is CC(C)[C@H](C)N(C)CC1(C)OCCO1. The third-order valence-corrected chi connectivity index (χ3v) is 3.09. The molecule has 0 unspecified atom stereocenters. The van der Waals surface area contributed by atoms with Crippen LogP contribution in [0, 0.1) is 5.92 Å². The second kappa shape index (κ2) is 4.60. The Labute approximate surface area is 87.4 Å². The van der Waals surface area contributed by atoms with Crippen LogP contribution in [0.3, 0.4) is 0 Å². The van der Waals surface area contributed by atoms with Crippen LogP contribution in [-0.4, -0.2) is 43.5 Å². The van der Waals surface area contributed by atoms with Gasteiger partial charge in [-0.1, -0.05) is 13.8 Å². The molecule has 0 aromatic heterocycles. The Morgan fingerprint density at radius 3 is 2.14 bits per heavy atom. The quantitative estimate of drug-likeness (QED) is 0.691. The van der Waals surface area contributed by atoms with E-state index in [1.807, 2.05) is 6.92 Å². The summed E-state index contributed by atoms with van der Waals surface area (Å²) in [7, 11) is 2.13. The minimum absolute atomic E-state index is 0.391. The second-order valence-corrected chi connectivity index (χ2v) is 4.73. The van der Waals surface area contributed by atoms with Gasteiger partial charge in [-0.2, -0.15) is 0 Å². The van der Waals surface area contributed by atoms with Crippen molar-refractivity contribution in [2.45, 2.75) is 39.5 Å². The highest BCUT2D eigenvalue weighted by atomic mass is 16.7. The van der Waals surface area contributed by atoms with Gasteiger partial charge in [-0.25, -0.2) is 0 Å². The van der Waals surface area contributed by atoms with Crippen LogP contribution in [0.2, 0.25) is 0 Å². The van der Waals surface area contributed by atoms with Gasteiger partial charge in [0.1, 0.15) is 0 Å². The number of hydrogen-bond donors (Lipinski definition) is 0. The lowest BCUT2D eigenvalue weighted by atomic mass is 10.0. The van der Waals surface area contributed by atoms with Crippen molar-refractivity contribution in [2.24, 2.45) is 5.92 Å². The molecule has 0 aromatic carbocycles. The average molecular weight is 201 g/mol. The van der Waals surface area contributed by atoms with Crippen molar-refractivity contribution >= 4 is 0 Å². The van der Waals surface area contributed by atoms with Crippen LogP contribution in [0.1, 0.15) is 27.7 Å². The molecule has 1 saturated heterocycles. The van der Waals surface area contributed by atoms with E-state index in [-0.39, 0.29) is 0 Å². The predicted octanol–water partition coefficient (Wildman–Crippen LogP) is 1.73. The van der Waals surface area contributed by atoms with Crippen LogP contribution in [0.15, 0.2) is 0 Å². The first-order chi connectivity index (χ1) is 6.44. The summed E-state index contributed by atoms with van der Waals surface area (Å²) in [6.45, 7) is 11.0. The molecule has 1 aliphatic rings. The van der Waals surface area contributed by atoms with Crippen molar-refractivity contribution in [1.82, 2.24) is 4.90 Å². The maximum absolute atomic E-state index is 5.58. The topological polar surface area (TPSA) is 21.7 Å². The van der Waals surface area contributed by atoms with Gasteiger partial charge in [-0.3, -0.25) is 4.90 Å². The molecule has 1 fully saturated rings. The summed E-state index contributed by atoms with van der Waals surface area (Å²) in [6.07, 6.45) is 0. The molecule has 0 spiro atoms. The van der Waals surface area contributed by atoms with Crippen molar-refractivity contribution < 1.29 is 9.47 Å². The molecule has 0 bridgehead atoms. The molecule has 14 heavy (non-hydrogen) atoms. The molecule has 0 amide bonds. The lowest BCUT2D eigenvalue weighted by Gasteiger charge is -2.33. The summed E-state index contributed by atoms with van der Waals surface area (Å²) in [6, 6.07) is 0.555. The van der Waals surface area contributed by atoms with E-state index in [1.54, 1.807) is 0 Å². The van der Waals surface area contributed by atoms with Crippen molar-refractivity contribution in [3.8, 4) is 0 Å². The number of hydrogen-bond acceptors (Lipinski definition) is 3. The first-order valence-corrected chi connectivity index (χ1v) is 5.43. The minimum atomic E-state index is -0.391. The molecule has 1 atom stereocenters. The summed E-state index contributed by atoms with van der Waals surface area (Å²) >= 11 is 0. The Balaban J connectivity index is 2.42. The second-order valence-electron chi connectivity index (χ2n) is 4.73. The third-order valence-electron chi connectivity index (χ3n) is 3.09. The summed E-state index contributed by atoms with van der Waals surface area (Å²) < 4.78 is 11.2. The first kappa shape index (κ1) is 12.0. The predicted molar refractivity (Wildman–Crippen MR) is 57.2 cm³/mol. The van der Waals surface area contributed by atoms with Crippen LogP contribution in [0.25, 0.3) is 0 Å². The number of ether oxygens (including phenoxy) is 2. The van der Waals surface area contributed by atoms with Gasteiger partial charge in [-0.05, 0) is 26.8 Å². The normalized spacial score (nSPS) is 23.4. The fourth-order valence-electron chi connectivity index (χ4n) is 1.75. The molecule has 3 heteroatoms. The van der Waals surface area contributed by atoms with Crippen LogP contribution in [0.5, 0.6) is 0 Å². The molecule has 0 aliphatic carbocycles. The Kier molecular flexibility index (Phi) is 3.93. The summed E-state index contributed by atoms with van der Waals surface area (Å²) in [5, 5.41) is 0. The number of rotatable bonds is 4. The summed E-state index contributed by atoms with van der Waals surface area (Å²) in [5.74, 6) is 0.266. The fourth-order valence-corrected chi connectivity index (χ4v) is 1.75. The Hall–Kier alpha value is -0.120. The average Bonchev–Trinajstić information content (AvgIpc) is 2.50. The Morgan fingerprint density at radius 2 is 1.71 bits per heavy atom. The molecular formula is C11H23NO2. The standard InChI is InChI=1S/C11H23NO2/c1-9(2)10(3)12(5)8-11(4)13-6-7-14-11/h9-10H,6-8H2,1-5H3/t10-/m0/s1. The summed E-state index contributed by atoms with van der Waals surface area (Å²) in [4.78, 5) is 2.30. The molecule has 0 N–H and O–H groups in total. The Morgan fingerprint density at radius 1 is 1.21 bits per heavy atom. The van der Waals surface area contributed by atoms with Gasteiger partial charge in [0.25, 0.3) is 0 Å². The zero-order valence-corrected chi connectivity index (χ0v) is 10.0. The molecule has 3 nitrogen and oxygen atoms in total. The van der Waals surface area contributed by atoms with Crippen LogP contribution in [-0.2, 0) is 9.47 Å². The van der Waals surface area contributed by atoms with Gasteiger partial charge in [0.05, 0.1) is 19.8 Å². The zero-order chi connectivity index (χ0) is 10.8. The van der Waals surface area contributed by atoms with E-state index >= 15 is 0 Å². The number of likely N-dealkylation sites (N-methyl/N-ethyl adjacent to an activating group) is 1. The lowest BCUT2D eigenvalue weighted by molar-refractivity contribution is -0.157. The smallest absolute Gasteiger partial charge is 0.178 e. The highest BCUT2D eigenvalue weighted by Gasteiger charge is 2.33. The fraction of sp³-hybridized carbons (Fsp3) is 1.00. The molecular weight excluding hydrogens is 178 g/mol. The van der Waals surface area contributed by atoms with E-state index in [4.69, 9.17) is 9.47 Å². The monoisotopic (exact) mass is 201 g/mol. The highest BCUT2D eigenvalue weighted by Crippen LogP contribution is 2.21. The van der Waals surface area contributed by atoms with Gasteiger partial charge >= 0.3 is 0 Å². The Bertz CT molecular complexity index is 176. The van der Waals surface area contributed by atoms with Crippen molar-refractivity contribution in [3.63, 3.8) is 0 Å². The lowest BCUT2D eigenvalue weighted by Crippen LogP contribution is -2.45. The molecule has 1 heterocycles. The number of nitrogens with zero attached hydrogens (tertiary/aromatic N) is 1. The van der Waals surface area contributed by atoms with E-state index in [2.05, 4.69) is 32.7 Å². The van der Waals surface area contributed by atoms with Crippen molar-refractivity contribution in [1.29, 1.82) is 0 Å². The largest absolute Gasteiger partial charge is 0.347 e. The summed E-state index contributed by atoms with van der Waals surface area (Å²) in [5.41, 5.74) is 0. The van der Waals surface area contributed by atoms with E-state index < -0.39 is 5.79 Å². The van der Waals surface area contributed by atoms with Crippen LogP contribution in [0.4, 0.5) is 0 Å². The first-order valence-electron chi connectivity index (χ1n) is 5.43. The molecule has 1 aliphatic heterocycles. The van der Waals surface area contributed by atoms with E-state index in [1.165, 1.54) is 0 Å². The van der Waals surface area contributed by atoms with Gasteiger partial charge in [0.15, 0.2) is 5.79 Å². The van der Waals surface area contributed by atoms with Gasteiger partial charge < -0.3 is 9.47 Å². The zero-order valence-electron chi connectivity index (χ0n) is 10.0. The molecule has 0 radical (unpaired) electrons.